The van der Waals surface area contributed by atoms with Crippen LogP contribution in [0.4, 0.5) is 4.39 Å². The zero-order valence-electron chi connectivity index (χ0n) is 6.81. The molecule has 5 atom stereocenters. The smallest absolute Gasteiger partial charge is 0.145 e. The summed E-state index contributed by atoms with van der Waals surface area (Å²) in [7, 11) is 0. The molecule has 72 valence electrons. The van der Waals surface area contributed by atoms with E-state index in [1.165, 1.54) is 0 Å². The van der Waals surface area contributed by atoms with Gasteiger partial charge in [-0.15, -0.1) is 0 Å². The minimum atomic E-state index is -1.51. The van der Waals surface area contributed by atoms with Gasteiger partial charge in [-0.05, 0) is 6.92 Å². The average molecular weight is 179 g/mol. The summed E-state index contributed by atoms with van der Waals surface area (Å²) < 4.78 is 13.1. The van der Waals surface area contributed by atoms with Gasteiger partial charge in [0.25, 0.3) is 0 Å². The van der Waals surface area contributed by atoms with Crippen LogP contribution in [0, 0.1) is 0 Å². The Morgan fingerprint density at radius 3 is 2.50 bits per heavy atom. The largest absolute Gasteiger partial charge is 0.394 e. The molecule has 0 radical (unpaired) electrons. The number of alkyl halides is 1. The van der Waals surface area contributed by atoms with Gasteiger partial charge in [0.05, 0.1) is 18.8 Å². The minimum Gasteiger partial charge on any atom is -0.394 e. The normalized spacial score (nSPS) is 44.8. The van der Waals surface area contributed by atoms with E-state index in [1.807, 2.05) is 0 Å². The predicted octanol–water partition coefficient (Wildman–Crippen LogP) is -1.60. The summed E-state index contributed by atoms with van der Waals surface area (Å²) in [6.07, 6.45) is -3.77. The highest BCUT2D eigenvalue weighted by atomic mass is 19.1. The van der Waals surface area contributed by atoms with Crippen molar-refractivity contribution >= 4 is 0 Å². The molecule has 5 heteroatoms. The van der Waals surface area contributed by atoms with E-state index >= 15 is 0 Å². The summed E-state index contributed by atoms with van der Waals surface area (Å²) in [5, 5.41) is 29.5. The van der Waals surface area contributed by atoms with Crippen molar-refractivity contribution in [3.8, 4) is 0 Å². The lowest BCUT2D eigenvalue weighted by atomic mass is 10.1. The molecule has 0 amide bonds. The van der Waals surface area contributed by atoms with Crippen LogP contribution < -0.4 is 5.32 Å². The fourth-order valence-electron chi connectivity index (χ4n) is 1.42. The molecule has 4 nitrogen and oxygen atoms in total. The lowest BCUT2D eigenvalue weighted by Crippen LogP contribution is -2.43. The van der Waals surface area contributed by atoms with Crippen LogP contribution in [0.5, 0.6) is 0 Å². The molecule has 1 fully saturated rings. The average Bonchev–Trinajstić information content (AvgIpc) is 2.32. The zero-order valence-corrected chi connectivity index (χ0v) is 6.81. The van der Waals surface area contributed by atoms with Gasteiger partial charge in [-0.25, -0.2) is 4.39 Å². The highest BCUT2D eigenvalue weighted by molar-refractivity contribution is 4.99. The first kappa shape index (κ1) is 9.85. The molecule has 1 aliphatic rings. The van der Waals surface area contributed by atoms with E-state index in [1.54, 1.807) is 6.92 Å². The molecule has 0 saturated carbocycles. The van der Waals surface area contributed by atoms with Crippen molar-refractivity contribution in [1.82, 2.24) is 5.32 Å². The van der Waals surface area contributed by atoms with Gasteiger partial charge in [-0.2, -0.15) is 0 Å². The van der Waals surface area contributed by atoms with Crippen LogP contribution in [0.25, 0.3) is 0 Å². The maximum Gasteiger partial charge on any atom is 0.145 e. The van der Waals surface area contributed by atoms with Crippen molar-refractivity contribution in [2.24, 2.45) is 0 Å². The number of hydrogen-bond acceptors (Lipinski definition) is 4. The third-order valence-electron chi connectivity index (χ3n) is 2.24. The standard InChI is InChI=1S/C7H14FNO3/c1-3-7(12)5(8)6(9-3)4(11)2-10/h3-7,9-12H,2H2,1H3/t3-,4+,5-,6-,7-/m0/s1. The number of hydrogen-bond donors (Lipinski definition) is 4. The molecule has 0 aromatic carbocycles. The molecule has 0 aromatic heterocycles. The molecule has 0 aromatic rings. The van der Waals surface area contributed by atoms with Crippen LogP contribution in [-0.4, -0.2) is 52.4 Å². The van der Waals surface area contributed by atoms with E-state index in [9.17, 15) is 4.39 Å². The fourth-order valence-corrected chi connectivity index (χ4v) is 1.42. The van der Waals surface area contributed by atoms with Crippen molar-refractivity contribution in [2.45, 2.75) is 37.4 Å². The van der Waals surface area contributed by atoms with Crippen LogP contribution >= 0.6 is 0 Å². The quantitative estimate of drug-likeness (QED) is 0.412. The number of aliphatic hydroxyl groups excluding tert-OH is 3. The van der Waals surface area contributed by atoms with Gasteiger partial charge < -0.3 is 20.6 Å². The topological polar surface area (TPSA) is 72.7 Å². The van der Waals surface area contributed by atoms with Crippen molar-refractivity contribution in [3.05, 3.63) is 0 Å². The maximum absolute atomic E-state index is 13.1. The maximum atomic E-state index is 13.1. The van der Waals surface area contributed by atoms with Crippen molar-refractivity contribution in [2.75, 3.05) is 6.61 Å². The minimum absolute atomic E-state index is 0.383. The Morgan fingerprint density at radius 1 is 1.58 bits per heavy atom. The Bertz CT molecular complexity index is 158. The Labute approximate surface area is 70.0 Å². The number of halogens is 1. The van der Waals surface area contributed by atoms with E-state index in [-0.39, 0.29) is 6.04 Å². The molecule has 1 rings (SSSR count). The first-order valence-electron chi connectivity index (χ1n) is 3.95. The van der Waals surface area contributed by atoms with Gasteiger partial charge >= 0.3 is 0 Å². The molecular weight excluding hydrogens is 165 g/mol. The van der Waals surface area contributed by atoms with Gasteiger partial charge in [-0.3, -0.25) is 0 Å². The van der Waals surface area contributed by atoms with E-state index in [0.29, 0.717) is 0 Å². The van der Waals surface area contributed by atoms with Crippen LogP contribution in [0.3, 0.4) is 0 Å². The summed E-state index contributed by atoms with van der Waals surface area (Å²) in [4.78, 5) is 0. The summed E-state index contributed by atoms with van der Waals surface area (Å²) in [5.74, 6) is 0. The van der Waals surface area contributed by atoms with E-state index in [4.69, 9.17) is 15.3 Å². The summed E-state index contributed by atoms with van der Waals surface area (Å²) >= 11 is 0. The lowest BCUT2D eigenvalue weighted by molar-refractivity contribution is 0.0260. The van der Waals surface area contributed by atoms with Gasteiger partial charge in [0.1, 0.15) is 12.3 Å². The van der Waals surface area contributed by atoms with Crippen molar-refractivity contribution in [3.63, 3.8) is 0 Å². The first-order chi connectivity index (χ1) is 5.57. The SMILES string of the molecule is C[C@@H]1N[C@@H]([C@H](O)CO)[C@H](F)[C@H]1O. The zero-order chi connectivity index (χ0) is 9.30. The van der Waals surface area contributed by atoms with E-state index in [0.717, 1.165) is 0 Å². The third kappa shape index (κ3) is 1.59. The van der Waals surface area contributed by atoms with E-state index in [2.05, 4.69) is 5.32 Å². The highest BCUT2D eigenvalue weighted by Crippen LogP contribution is 2.19. The van der Waals surface area contributed by atoms with Gasteiger partial charge in [0.15, 0.2) is 0 Å². The van der Waals surface area contributed by atoms with Crippen molar-refractivity contribution in [1.29, 1.82) is 0 Å². The second-order valence-electron chi connectivity index (χ2n) is 3.17. The van der Waals surface area contributed by atoms with Crippen LogP contribution in [-0.2, 0) is 0 Å². The molecule has 1 aliphatic heterocycles. The lowest BCUT2D eigenvalue weighted by Gasteiger charge is -2.18. The number of nitrogens with one attached hydrogen (secondary N) is 1. The molecule has 0 spiro atoms. The Hall–Kier alpha value is -0.230. The molecular formula is C7H14FNO3. The molecule has 0 aliphatic carbocycles. The summed E-state index contributed by atoms with van der Waals surface area (Å²) in [6, 6.07) is -1.24. The fraction of sp³-hybridized carbons (Fsp3) is 1.00. The molecule has 0 unspecified atom stereocenters. The second-order valence-corrected chi connectivity index (χ2v) is 3.17. The second kappa shape index (κ2) is 3.66. The van der Waals surface area contributed by atoms with Gasteiger partial charge in [0.2, 0.25) is 0 Å². The molecule has 1 saturated heterocycles. The van der Waals surface area contributed by atoms with Crippen LogP contribution in [0.2, 0.25) is 0 Å². The highest BCUT2D eigenvalue weighted by Gasteiger charge is 2.43. The molecule has 1 heterocycles. The van der Waals surface area contributed by atoms with Gasteiger partial charge in [-0.1, -0.05) is 0 Å². The molecule has 0 bridgehead atoms. The molecule has 12 heavy (non-hydrogen) atoms. The Morgan fingerprint density at radius 2 is 2.17 bits per heavy atom. The van der Waals surface area contributed by atoms with Crippen molar-refractivity contribution < 1.29 is 19.7 Å². The summed E-state index contributed by atoms with van der Waals surface area (Å²) in [5.41, 5.74) is 0. The Balaban J connectivity index is 2.58. The number of aliphatic hydroxyl groups is 3. The van der Waals surface area contributed by atoms with Gasteiger partial charge in [0, 0.05) is 6.04 Å². The van der Waals surface area contributed by atoms with Crippen LogP contribution in [0.1, 0.15) is 6.92 Å². The third-order valence-corrected chi connectivity index (χ3v) is 2.24. The van der Waals surface area contributed by atoms with Crippen LogP contribution in [0.15, 0.2) is 0 Å². The predicted molar refractivity (Wildman–Crippen MR) is 40.4 cm³/mol. The first-order valence-corrected chi connectivity index (χ1v) is 3.95. The van der Waals surface area contributed by atoms with E-state index < -0.39 is 31.0 Å². The monoisotopic (exact) mass is 179 g/mol. The Kier molecular flexibility index (Phi) is 3.00. The number of rotatable bonds is 2. The molecule has 4 N–H and O–H groups in total. The summed E-state index contributed by atoms with van der Waals surface area (Å²) in [6.45, 7) is 1.12.